The quantitative estimate of drug-likeness (QED) is 0.750. The molecule has 0 radical (unpaired) electrons. The molecule has 1 aromatic rings. The van der Waals surface area contributed by atoms with Crippen LogP contribution < -0.4 is 4.74 Å². The summed E-state index contributed by atoms with van der Waals surface area (Å²) < 4.78 is 16.7. The van der Waals surface area contributed by atoms with Crippen molar-refractivity contribution in [2.24, 2.45) is 0 Å². The molecule has 1 saturated heterocycles. The molecule has 3 heteroatoms. The Morgan fingerprint density at radius 1 is 1.35 bits per heavy atom. The summed E-state index contributed by atoms with van der Waals surface area (Å²) in [4.78, 5) is 0. The van der Waals surface area contributed by atoms with Gasteiger partial charge in [0.25, 0.3) is 0 Å². The number of ether oxygens (including phenoxy) is 3. The molecule has 2 aliphatic rings. The Morgan fingerprint density at radius 3 is 3.18 bits per heavy atom. The Labute approximate surface area is 102 Å². The van der Waals surface area contributed by atoms with Crippen LogP contribution in [0.25, 0.3) is 0 Å². The molecule has 1 saturated carbocycles. The minimum atomic E-state index is 0.292. The molecule has 1 heterocycles. The standard InChI is InChI=1S/C14H18O3/c1-15-11-5-2-4-10(8-11)9-16-12-6-3-7-13-14(12)17-13/h2,4-5,8,12-14H,3,6-7,9H2,1H3/t12-,13+,14-/m0/s1. The van der Waals surface area contributed by atoms with Crippen LogP contribution in [0.4, 0.5) is 0 Å². The average molecular weight is 234 g/mol. The van der Waals surface area contributed by atoms with E-state index >= 15 is 0 Å². The number of benzene rings is 1. The first-order chi connectivity index (χ1) is 8.36. The molecule has 0 amide bonds. The fourth-order valence-corrected chi connectivity index (χ4v) is 2.54. The van der Waals surface area contributed by atoms with Crippen molar-refractivity contribution < 1.29 is 14.2 Å². The average Bonchev–Trinajstić information content (AvgIpc) is 3.16. The topological polar surface area (TPSA) is 31.0 Å². The molecule has 1 aliphatic carbocycles. The Kier molecular flexibility index (Phi) is 3.04. The third kappa shape index (κ3) is 2.45. The molecule has 2 fully saturated rings. The fourth-order valence-electron chi connectivity index (χ4n) is 2.54. The number of fused-ring (bicyclic) bond motifs is 1. The van der Waals surface area contributed by atoms with Crippen LogP contribution in [0.5, 0.6) is 5.75 Å². The SMILES string of the molecule is COc1cccc(CO[C@H]2CCC[C@H]3O[C@@H]23)c1. The number of rotatable bonds is 4. The highest BCUT2D eigenvalue weighted by molar-refractivity contribution is 5.27. The van der Waals surface area contributed by atoms with Gasteiger partial charge in [-0.05, 0) is 37.0 Å². The van der Waals surface area contributed by atoms with Gasteiger partial charge in [0.1, 0.15) is 11.9 Å². The Morgan fingerprint density at radius 2 is 2.29 bits per heavy atom. The molecule has 0 unspecified atom stereocenters. The minimum Gasteiger partial charge on any atom is -0.497 e. The molecular formula is C14H18O3. The van der Waals surface area contributed by atoms with E-state index in [0.717, 1.165) is 17.7 Å². The summed E-state index contributed by atoms with van der Waals surface area (Å²) in [5, 5.41) is 0. The van der Waals surface area contributed by atoms with Gasteiger partial charge in [0, 0.05) is 0 Å². The van der Waals surface area contributed by atoms with Crippen molar-refractivity contribution in [1.82, 2.24) is 0 Å². The zero-order valence-corrected chi connectivity index (χ0v) is 10.1. The van der Waals surface area contributed by atoms with Gasteiger partial charge in [0.05, 0.1) is 25.9 Å². The zero-order valence-electron chi connectivity index (χ0n) is 10.1. The van der Waals surface area contributed by atoms with Crippen molar-refractivity contribution in [3.05, 3.63) is 29.8 Å². The maximum atomic E-state index is 5.94. The van der Waals surface area contributed by atoms with Crippen molar-refractivity contribution >= 4 is 0 Å². The number of hydrogen-bond donors (Lipinski definition) is 0. The summed E-state index contributed by atoms with van der Waals surface area (Å²) in [6.45, 7) is 0.647. The lowest BCUT2D eigenvalue weighted by Gasteiger charge is -2.19. The van der Waals surface area contributed by atoms with Gasteiger partial charge in [-0.1, -0.05) is 12.1 Å². The molecule has 1 aliphatic heterocycles. The number of methoxy groups -OCH3 is 1. The fraction of sp³-hybridized carbons (Fsp3) is 0.571. The molecule has 0 bridgehead atoms. The largest absolute Gasteiger partial charge is 0.497 e. The van der Waals surface area contributed by atoms with Crippen LogP contribution in [0.3, 0.4) is 0 Å². The lowest BCUT2D eigenvalue weighted by atomic mass is 9.98. The van der Waals surface area contributed by atoms with Gasteiger partial charge in [0.15, 0.2) is 0 Å². The van der Waals surface area contributed by atoms with Crippen LogP contribution >= 0.6 is 0 Å². The molecule has 0 aromatic heterocycles. The number of epoxide rings is 1. The summed E-state index contributed by atoms with van der Waals surface area (Å²) >= 11 is 0. The first-order valence-corrected chi connectivity index (χ1v) is 6.27. The van der Waals surface area contributed by atoms with Gasteiger partial charge in [0.2, 0.25) is 0 Å². The second-order valence-corrected chi connectivity index (χ2v) is 4.77. The number of hydrogen-bond acceptors (Lipinski definition) is 3. The van der Waals surface area contributed by atoms with Gasteiger partial charge in [-0.25, -0.2) is 0 Å². The molecule has 92 valence electrons. The highest BCUT2D eigenvalue weighted by Crippen LogP contribution is 2.38. The maximum absolute atomic E-state index is 5.94. The zero-order chi connectivity index (χ0) is 11.7. The third-order valence-electron chi connectivity index (χ3n) is 3.56. The molecule has 17 heavy (non-hydrogen) atoms. The van der Waals surface area contributed by atoms with Crippen LogP contribution in [0.1, 0.15) is 24.8 Å². The summed E-state index contributed by atoms with van der Waals surface area (Å²) in [7, 11) is 1.68. The van der Waals surface area contributed by atoms with Crippen molar-refractivity contribution in [1.29, 1.82) is 0 Å². The first-order valence-electron chi connectivity index (χ1n) is 6.27. The predicted octanol–water partition coefficient (Wildman–Crippen LogP) is 2.53. The van der Waals surface area contributed by atoms with E-state index in [-0.39, 0.29) is 0 Å². The summed E-state index contributed by atoms with van der Waals surface area (Å²) in [6.07, 6.45) is 4.71. The van der Waals surface area contributed by atoms with Crippen LogP contribution in [0.15, 0.2) is 24.3 Å². The first kappa shape index (κ1) is 11.1. The van der Waals surface area contributed by atoms with Crippen molar-refractivity contribution in [2.75, 3.05) is 7.11 Å². The van der Waals surface area contributed by atoms with E-state index in [9.17, 15) is 0 Å². The van der Waals surface area contributed by atoms with Crippen LogP contribution in [0.2, 0.25) is 0 Å². The molecular weight excluding hydrogens is 216 g/mol. The lowest BCUT2D eigenvalue weighted by Crippen LogP contribution is -2.25. The van der Waals surface area contributed by atoms with E-state index in [4.69, 9.17) is 14.2 Å². The van der Waals surface area contributed by atoms with E-state index in [0.29, 0.717) is 24.9 Å². The minimum absolute atomic E-state index is 0.292. The summed E-state index contributed by atoms with van der Waals surface area (Å²) in [6, 6.07) is 8.03. The highest BCUT2D eigenvalue weighted by atomic mass is 16.6. The maximum Gasteiger partial charge on any atom is 0.119 e. The van der Waals surface area contributed by atoms with Gasteiger partial charge < -0.3 is 14.2 Å². The molecule has 3 atom stereocenters. The summed E-state index contributed by atoms with van der Waals surface area (Å²) in [5.74, 6) is 0.885. The normalized spacial score (nSPS) is 30.8. The van der Waals surface area contributed by atoms with E-state index in [1.165, 1.54) is 12.8 Å². The monoisotopic (exact) mass is 234 g/mol. The van der Waals surface area contributed by atoms with Crippen molar-refractivity contribution in [3.8, 4) is 5.75 Å². The van der Waals surface area contributed by atoms with Crippen molar-refractivity contribution in [3.63, 3.8) is 0 Å². The second-order valence-electron chi connectivity index (χ2n) is 4.77. The predicted molar refractivity (Wildman–Crippen MR) is 64.1 cm³/mol. The van der Waals surface area contributed by atoms with Crippen LogP contribution in [0, 0.1) is 0 Å². The summed E-state index contributed by atoms with van der Waals surface area (Å²) in [5.41, 5.74) is 1.16. The Balaban J connectivity index is 1.56. The van der Waals surface area contributed by atoms with Gasteiger partial charge in [-0.2, -0.15) is 0 Å². The van der Waals surface area contributed by atoms with Crippen LogP contribution in [-0.2, 0) is 16.1 Å². The third-order valence-corrected chi connectivity index (χ3v) is 3.56. The van der Waals surface area contributed by atoms with E-state index in [2.05, 4.69) is 6.07 Å². The van der Waals surface area contributed by atoms with Gasteiger partial charge >= 0.3 is 0 Å². The molecule has 1 aromatic carbocycles. The van der Waals surface area contributed by atoms with E-state index < -0.39 is 0 Å². The molecule has 0 N–H and O–H groups in total. The van der Waals surface area contributed by atoms with E-state index in [1.807, 2.05) is 18.2 Å². The highest BCUT2D eigenvalue weighted by Gasteiger charge is 2.47. The second kappa shape index (κ2) is 4.67. The Hall–Kier alpha value is -1.06. The van der Waals surface area contributed by atoms with Crippen LogP contribution in [-0.4, -0.2) is 25.4 Å². The van der Waals surface area contributed by atoms with Gasteiger partial charge in [-0.3, -0.25) is 0 Å². The van der Waals surface area contributed by atoms with Gasteiger partial charge in [-0.15, -0.1) is 0 Å². The van der Waals surface area contributed by atoms with E-state index in [1.54, 1.807) is 7.11 Å². The molecule has 3 rings (SSSR count). The molecule has 0 spiro atoms. The lowest BCUT2D eigenvalue weighted by molar-refractivity contribution is 0.0135. The molecule has 3 nitrogen and oxygen atoms in total. The Bertz CT molecular complexity index is 391. The van der Waals surface area contributed by atoms with Crippen molar-refractivity contribution in [2.45, 2.75) is 44.2 Å². The smallest absolute Gasteiger partial charge is 0.119 e.